The highest BCUT2D eigenvalue weighted by molar-refractivity contribution is 7.19. The van der Waals surface area contributed by atoms with Crippen LogP contribution >= 0.6 is 11.3 Å². The first-order valence-electron chi connectivity index (χ1n) is 5.85. The average Bonchev–Trinajstić information content (AvgIpc) is 2.88. The predicted octanol–water partition coefficient (Wildman–Crippen LogP) is 3.13. The topological polar surface area (TPSA) is 37.8 Å². The number of nitrogens with zero attached hydrogens (tertiary/aromatic N) is 2. The van der Waals surface area contributed by atoms with E-state index >= 15 is 0 Å². The van der Waals surface area contributed by atoms with Gasteiger partial charge in [-0.1, -0.05) is 5.92 Å². The van der Waals surface area contributed by atoms with E-state index in [9.17, 15) is 0 Å². The van der Waals surface area contributed by atoms with E-state index in [4.69, 9.17) is 0 Å². The average molecular weight is 265 g/mol. The van der Waals surface area contributed by atoms with Crippen LogP contribution in [-0.4, -0.2) is 17.0 Å². The standard InChI is InChI=1S/C15H11N3S/c1-16-12-5-2-11(3-6-12)4-7-15-18-13-10-17-9-8-14(13)19-15/h2-3,5-6,8-10,16H,1H3. The second kappa shape index (κ2) is 5.09. The van der Waals surface area contributed by atoms with Crippen LogP contribution in [-0.2, 0) is 0 Å². The van der Waals surface area contributed by atoms with E-state index in [-0.39, 0.29) is 0 Å². The molecule has 4 heteroatoms. The quantitative estimate of drug-likeness (QED) is 0.687. The van der Waals surface area contributed by atoms with E-state index < -0.39 is 0 Å². The van der Waals surface area contributed by atoms with Crippen LogP contribution in [0.25, 0.3) is 10.2 Å². The van der Waals surface area contributed by atoms with Crippen molar-refractivity contribution in [1.29, 1.82) is 0 Å². The van der Waals surface area contributed by atoms with E-state index in [1.807, 2.05) is 37.4 Å². The molecule has 2 aromatic heterocycles. The van der Waals surface area contributed by atoms with Crippen LogP contribution in [0.3, 0.4) is 0 Å². The lowest BCUT2D eigenvalue weighted by Crippen LogP contribution is -1.86. The number of hydrogen-bond donors (Lipinski definition) is 1. The van der Waals surface area contributed by atoms with Gasteiger partial charge in [0.15, 0.2) is 5.01 Å². The van der Waals surface area contributed by atoms with E-state index in [1.54, 1.807) is 23.7 Å². The Bertz CT molecular complexity index is 730. The van der Waals surface area contributed by atoms with Gasteiger partial charge in [0.25, 0.3) is 0 Å². The summed E-state index contributed by atoms with van der Waals surface area (Å²) in [6, 6.07) is 9.96. The first-order valence-corrected chi connectivity index (χ1v) is 6.67. The van der Waals surface area contributed by atoms with Gasteiger partial charge in [-0.05, 0) is 36.3 Å². The third kappa shape index (κ3) is 2.56. The fraction of sp³-hybridized carbons (Fsp3) is 0.0667. The highest BCUT2D eigenvalue weighted by atomic mass is 32.1. The Balaban J connectivity index is 1.89. The number of nitrogens with one attached hydrogen (secondary N) is 1. The lowest BCUT2D eigenvalue weighted by molar-refractivity contribution is 1.33. The summed E-state index contributed by atoms with van der Waals surface area (Å²) in [4.78, 5) is 8.48. The molecular weight excluding hydrogens is 254 g/mol. The number of aromatic nitrogens is 2. The number of anilines is 1. The Hall–Kier alpha value is -2.38. The Labute approximate surface area is 115 Å². The molecule has 3 aromatic rings. The minimum Gasteiger partial charge on any atom is -0.388 e. The molecule has 0 amide bonds. The van der Waals surface area contributed by atoms with Crippen LogP contribution in [0.15, 0.2) is 42.7 Å². The molecule has 1 N–H and O–H groups in total. The Kier molecular flexibility index (Phi) is 3.13. The Morgan fingerprint density at radius 2 is 1.95 bits per heavy atom. The largest absolute Gasteiger partial charge is 0.388 e. The molecule has 0 fully saturated rings. The summed E-state index contributed by atoms with van der Waals surface area (Å²) >= 11 is 1.59. The van der Waals surface area contributed by atoms with Gasteiger partial charge in [-0.2, -0.15) is 0 Å². The van der Waals surface area contributed by atoms with Gasteiger partial charge in [0.05, 0.1) is 10.9 Å². The summed E-state index contributed by atoms with van der Waals surface area (Å²) in [5.74, 6) is 6.22. The third-order valence-corrected chi connectivity index (χ3v) is 3.63. The molecule has 0 saturated carbocycles. The zero-order chi connectivity index (χ0) is 13.1. The summed E-state index contributed by atoms with van der Waals surface area (Å²) in [6.07, 6.45) is 3.53. The van der Waals surface area contributed by atoms with E-state index in [1.165, 1.54) is 0 Å². The zero-order valence-corrected chi connectivity index (χ0v) is 11.2. The van der Waals surface area contributed by atoms with Gasteiger partial charge >= 0.3 is 0 Å². The molecule has 19 heavy (non-hydrogen) atoms. The molecule has 92 valence electrons. The molecule has 3 rings (SSSR count). The maximum atomic E-state index is 4.43. The van der Waals surface area contributed by atoms with Crippen molar-refractivity contribution in [3.8, 4) is 11.8 Å². The number of rotatable bonds is 1. The highest BCUT2D eigenvalue weighted by Crippen LogP contribution is 2.19. The van der Waals surface area contributed by atoms with Crippen LogP contribution in [0.4, 0.5) is 5.69 Å². The molecule has 1 aromatic carbocycles. The Morgan fingerprint density at radius 1 is 1.11 bits per heavy atom. The molecule has 0 radical (unpaired) electrons. The summed E-state index contributed by atoms with van der Waals surface area (Å²) < 4.78 is 1.12. The van der Waals surface area contributed by atoms with Gasteiger partial charge in [-0.3, -0.25) is 4.98 Å². The monoisotopic (exact) mass is 265 g/mol. The van der Waals surface area contributed by atoms with Crippen LogP contribution in [0.2, 0.25) is 0 Å². The van der Waals surface area contributed by atoms with E-state index in [2.05, 4.69) is 27.1 Å². The first kappa shape index (κ1) is 11.7. The maximum absolute atomic E-state index is 4.43. The van der Waals surface area contributed by atoms with Crippen LogP contribution < -0.4 is 5.32 Å². The smallest absolute Gasteiger partial charge is 0.168 e. The van der Waals surface area contributed by atoms with Crippen molar-refractivity contribution >= 4 is 27.2 Å². The summed E-state index contributed by atoms with van der Waals surface area (Å²) in [6.45, 7) is 0. The molecule has 2 heterocycles. The minimum absolute atomic E-state index is 0.820. The maximum Gasteiger partial charge on any atom is 0.168 e. The van der Waals surface area contributed by atoms with Crippen molar-refractivity contribution in [3.05, 3.63) is 53.3 Å². The molecule has 3 nitrogen and oxygen atoms in total. The molecule has 0 atom stereocenters. The van der Waals surface area contributed by atoms with Crippen molar-refractivity contribution in [2.24, 2.45) is 0 Å². The van der Waals surface area contributed by atoms with E-state index in [0.29, 0.717) is 0 Å². The second-order valence-corrected chi connectivity index (χ2v) is 4.97. The van der Waals surface area contributed by atoms with Gasteiger partial charge in [-0.25, -0.2) is 4.98 Å². The fourth-order valence-corrected chi connectivity index (χ4v) is 2.47. The third-order valence-electron chi connectivity index (χ3n) is 2.68. The summed E-state index contributed by atoms with van der Waals surface area (Å²) in [5.41, 5.74) is 2.97. The fourth-order valence-electron chi connectivity index (χ4n) is 1.68. The van der Waals surface area contributed by atoms with Gasteiger partial charge in [0.2, 0.25) is 0 Å². The normalized spacial score (nSPS) is 9.95. The lowest BCUT2D eigenvalue weighted by atomic mass is 10.2. The highest BCUT2D eigenvalue weighted by Gasteiger charge is 1.99. The number of thiazole rings is 1. The number of hydrogen-bond acceptors (Lipinski definition) is 4. The zero-order valence-electron chi connectivity index (χ0n) is 10.3. The second-order valence-electron chi connectivity index (χ2n) is 3.94. The van der Waals surface area contributed by atoms with Crippen molar-refractivity contribution in [1.82, 2.24) is 9.97 Å². The van der Waals surface area contributed by atoms with Gasteiger partial charge in [-0.15, -0.1) is 11.3 Å². The van der Waals surface area contributed by atoms with Crippen LogP contribution in [0.5, 0.6) is 0 Å². The summed E-state index contributed by atoms with van der Waals surface area (Å²) in [7, 11) is 1.90. The number of fused-ring (bicyclic) bond motifs is 1. The molecule has 0 unspecified atom stereocenters. The van der Waals surface area contributed by atoms with Gasteiger partial charge < -0.3 is 5.32 Å². The van der Waals surface area contributed by atoms with Crippen molar-refractivity contribution in [2.45, 2.75) is 0 Å². The molecule has 0 aliphatic rings. The Morgan fingerprint density at radius 3 is 2.68 bits per heavy atom. The van der Waals surface area contributed by atoms with Crippen molar-refractivity contribution < 1.29 is 0 Å². The minimum atomic E-state index is 0.820. The van der Waals surface area contributed by atoms with Gasteiger partial charge in [0, 0.05) is 24.5 Å². The van der Waals surface area contributed by atoms with E-state index in [0.717, 1.165) is 26.5 Å². The SMILES string of the molecule is CNc1ccc(C#Cc2nc3cnccc3s2)cc1. The molecular formula is C15H11N3S. The van der Waals surface area contributed by atoms with Gasteiger partial charge in [0.1, 0.15) is 5.52 Å². The van der Waals surface area contributed by atoms with Crippen molar-refractivity contribution in [3.63, 3.8) is 0 Å². The predicted molar refractivity (Wildman–Crippen MR) is 79.4 cm³/mol. The molecule has 0 bridgehead atoms. The summed E-state index contributed by atoms with van der Waals surface area (Å²) in [5, 5.41) is 3.90. The molecule has 0 saturated heterocycles. The molecule has 0 spiro atoms. The molecule has 0 aliphatic heterocycles. The number of pyridine rings is 1. The van der Waals surface area contributed by atoms with Crippen LogP contribution in [0.1, 0.15) is 10.6 Å². The molecule has 0 aliphatic carbocycles. The lowest BCUT2D eigenvalue weighted by Gasteiger charge is -1.97. The first-order chi connectivity index (χ1) is 9.35. The number of benzene rings is 1. The van der Waals surface area contributed by atoms with Crippen molar-refractivity contribution in [2.75, 3.05) is 12.4 Å². The van der Waals surface area contributed by atoms with Crippen LogP contribution in [0, 0.1) is 11.8 Å².